The van der Waals surface area contributed by atoms with Gasteiger partial charge in [-0.1, -0.05) is 48.5 Å². The number of likely N-dealkylation sites (tertiary alicyclic amines) is 1. The number of rotatable bonds is 7. The summed E-state index contributed by atoms with van der Waals surface area (Å²) in [6.07, 6.45) is -0.851. The molecule has 33 heavy (non-hydrogen) atoms. The van der Waals surface area contributed by atoms with E-state index in [0.717, 1.165) is 27.2 Å². The van der Waals surface area contributed by atoms with Crippen LogP contribution in [0.2, 0.25) is 0 Å². The van der Waals surface area contributed by atoms with Crippen molar-refractivity contribution < 1.29 is 33.0 Å². The molecule has 2 aromatic rings. The lowest BCUT2D eigenvalue weighted by molar-refractivity contribution is -0.155. The summed E-state index contributed by atoms with van der Waals surface area (Å²) in [6.45, 7) is -1.19. The zero-order valence-corrected chi connectivity index (χ0v) is 17.8. The highest BCUT2D eigenvalue weighted by molar-refractivity contribution is 5.85. The van der Waals surface area contributed by atoms with E-state index in [1.165, 1.54) is 0 Å². The summed E-state index contributed by atoms with van der Waals surface area (Å²) in [5, 5.41) is 10.8. The number of carbonyl (C=O) groups is 3. The van der Waals surface area contributed by atoms with Gasteiger partial charge in [0.25, 0.3) is 5.91 Å². The van der Waals surface area contributed by atoms with Gasteiger partial charge in [0.05, 0.1) is 6.54 Å². The zero-order chi connectivity index (χ0) is 23.6. The number of carboxylic acid groups (broad SMARTS) is 1. The minimum Gasteiger partial charge on any atom is -0.481 e. The Kier molecular flexibility index (Phi) is 6.31. The Morgan fingerprint density at radius 3 is 2.27 bits per heavy atom. The van der Waals surface area contributed by atoms with Gasteiger partial charge < -0.3 is 20.1 Å². The van der Waals surface area contributed by atoms with Crippen LogP contribution in [-0.2, 0) is 14.3 Å². The SMILES string of the molecule is O=C(O)CC1CCN(C(=O)C(F)(F)CNC(=O)OCC2c3ccccc3-c3ccccc32)C1. The number of halogens is 2. The lowest BCUT2D eigenvalue weighted by atomic mass is 9.98. The predicted octanol–water partition coefficient (Wildman–Crippen LogP) is 3.48. The Labute approximate surface area is 189 Å². The Balaban J connectivity index is 1.31. The van der Waals surface area contributed by atoms with Crippen LogP contribution in [-0.4, -0.2) is 60.1 Å². The molecule has 1 unspecified atom stereocenters. The molecular formula is C24H24F2N2O5. The van der Waals surface area contributed by atoms with E-state index in [1.54, 1.807) is 0 Å². The van der Waals surface area contributed by atoms with E-state index in [4.69, 9.17) is 9.84 Å². The van der Waals surface area contributed by atoms with Crippen molar-refractivity contribution in [3.05, 3.63) is 59.7 Å². The summed E-state index contributed by atoms with van der Waals surface area (Å²) in [6, 6.07) is 15.5. The number of hydrogen-bond acceptors (Lipinski definition) is 4. The van der Waals surface area contributed by atoms with Crippen molar-refractivity contribution in [1.29, 1.82) is 0 Å². The molecule has 1 atom stereocenters. The van der Waals surface area contributed by atoms with Crippen molar-refractivity contribution in [1.82, 2.24) is 10.2 Å². The van der Waals surface area contributed by atoms with Crippen molar-refractivity contribution in [3.8, 4) is 11.1 Å². The van der Waals surface area contributed by atoms with Crippen LogP contribution in [0.5, 0.6) is 0 Å². The molecule has 2 aliphatic rings. The van der Waals surface area contributed by atoms with E-state index in [-0.39, 0.29) is 38.0 Å². The molecule has 0 spiro atoms. The molecule has 2 aromatic carbocycles. The normalized spacial score (nSPS) is 17.4. The summed E-state index contributed by atoms with van der Waals surface area (Å²) in [5.41, 5.74) is 4.09. The first-order valence-corrected chi connectivity index (χ1v) is 10.7. The molecule has 7 nitrogen and oxygen atoms in total. The highest BCUT2D eigenvalue weighted by atomic mass is 19.3. The molecule has 2 N–H and O–H groups in total. The van der Waals surface area contributed by atoms with Gasteiger partial charge in [-0.15, -0.1) is 0 Å². The Morgan fingerprint density at radius 1 is 1.06 bits per heavy atom. The number of nitrogens with zero attached hydrogens (tertiary/aromatic N) is 1. The lowest BCUT2D eigenvalue weighted by Gasteiger charge is -2.23. The maximum Gasteiger partial charge on any atom is 0.407 e. The first-order valence-electron chi connectivity index (χ1n) is 10.7. The number of ether oxygens (including phenoxy) is 1. The van der Waals surface area contributed by atoms with Crippen LogP contribution in [0.4, 0.5) is 13.6 Å². The highest BCUT2D eigenvalue weighted by Crippen LogP contribution is 2.44. The standard InChI is InChI=1S/C24H24F2N2O5/c25-24(26,22(31)28-10-9-15(12-28)11-21(29)30)14-27-23(32)33-13-20-18-7-3-1-5-16(18)17-6-2-4-8-19(17)20/h1-8,15,20H,9-14H2,(H,27,32)(H,29,30). The van der Waals surface area contributed by atoms with Gasteiger partial charge in [-0.05, 0) is 34.6 Å². The van der Waals surface area contributed by atoms with Gasteiger partial charge in [-0.3, -0.25) is 9.59 Å². The van der Waals surface area contributed by atoms with Crippen LogP contribution in [0.1, 0.15) is 29.9 Å². The molecule has 1 aliphatic carbocycles. The molecule has 1 fully saturated rings. The van der Waals surface area contributed by atoms with Gasteiger partial charge in [0, 0.05) is 25.4 Å². The number of hydrogen-bond donors (Lipinski definition) is 2. The molecule has 2 amide bonds. The lowest BCUT2D eigenvalue weighted by Crippen LogP contribution is -2.49. The number of fused-ring (bicyclic) bond motifs is 3. The second kappa shape index (κ2) is 9.17. The van der Waals surface area contributed by atoms with E-state index in [0.29, 0.717) is 6.42 Å². The second-order valence-electron chi connectivity index (χ2n) is 8.39. The van der Waals surface area contributed by atoms with E-state index in [2.05, 4.69) is 0 Å². The summed E-state index contributed by atoms with van der Waals surface area (Å²) >= 11 is 0. The van der Waals surface area contributed by atoms with E-state index in [9.17, 15) is 23.2 Å². The van der Waals surface area contributed by atoms with Crippen molar-refractivity contribution in [2.45, 2.75) is 24.7 Å². The van der Waals surface area contributed by atoms with Crippen LogP contribution in [0, 0.1) is 5.92 Å². The predicted molar refractivity (Wildman–Crippen MR) is 115 cm³/mol. The van der Waals surface area contributed by atoms with Crippen molar-refractivity contribution >= 4 is 18.0 Å². The Bertz CT molecular complexity index is 1030. The third kappa shape index (κ3) is 4.81. The molecule has 0 aromatic heterocycles. The van der Waals surface area contributed by atoms with Gasteiger partial charge in [0.2, 0.25) is 0 Å². The van der Waals surface area contributed by atoms with E-state index < -0.39 is 30.4 Å². The molecule has 174 valence electrons. The summed E-state index contributed by atoms with van der Waals surface area (Å²) in [7, 11) is 0. The maximum atomic E-state index is 14.4. The van der Waals surface area contributed by atoms with Crippen LogP contribution >= 0.6 is 0 Å². The fourth-order valence-electron chi connectivity index (χ4n) is 4.57. The number of carboxylic acids is 1. The van der Waals surface area contributed by atoms with Gasteiger partial charge in [0.15, 0.2) is 0 Å². The number of benzene rings is 2. The number of carbonyl (C=O) groups excluding carboxylic acids is 2. The average molecular weight is 458 g/mol. The monoisotopic (exact) mass is 458 g/mol. The fraction of sp³-hybridized carbons (Fsp3) is 0.375. The van der Waals surface area contributed by atoms with Crippen molar-refractivity contribution in [2.24, 2.45) is 5.92 Å². The largest absolute Gasteiger partial charge is 0.481 e. The van der Waals surface area contributed by atoms with Gasteiger partial charge in [-0.25, -0.2) is 4.79 Å². The quantitative estimate of drug-likeness (QED) is 0.662. The molecule has 0 bridgehead atoms. The number of nitrogens with one attached hydrogen (secondary N) is 1. The number of alkyl carbamates (subject to hydrolysis) is 1. The topological polar surface area (TPSA) is 95.9 Å². The molecule has 1 heterocycles. The highest BCUT2D eigenvalue weighted by Gasteiger charge is 2.44. The third-order valence-electron chi connectivity index (χ3n) is 6.15. The van der Waals surface area contributed by atoms with E-state index >= 15 is 0 Å². The molecule has 1 aliphatic heterocycles. The Morgan fingerprint density at radius 2 is 1.67 bits per heavy atom. The fourth-order valence-corrected chi connectivity index (χ4v) is 4.57. The number of aliphatic carboxylic acids is 1. The van der Waals surface area contributed by atoms with Crippen molar-refractivity contribution in [3.63, 3.8) is 0 Å². The summed E-state index contributed by atoms with van der Waals surface area (Å²) < 4.78 is 34.0. The smallest absolute Gasteiger partial charge is 0.407 e. The Hall–Kier alpha value is -3.49. The van der Waals surface area contributed by atoms with Crippen LogP contribution in [0.3, 0.4) is 0 Å². The van der Waals surface area contributed by atoms with Gasteiger partial charge in [-0.2, -0.15) is 8.78 Å². The molecule has 1 saturated heterocycles. The van der Waals surface area contributed by atoms with Gasteiger partial charge in [0.1, 0.15) is 6.61 Å². The summed E-state index contributed by atoms with van der Waals surface area (Å²) in [4.78, 5) is 36.1. The minimum absolute atomic E-state index is 0.0254. The first-order chi connectivity index (χ1) is 15.8. The molecule has 0 saturated carbocycles. The average Bonchev–Trinajstić information content (AvgIpc) is 3.38. The van der Waals surface area contributed by atoms with Crippen LogP contribution in [0.15, 0.2) is 48.5 Å². The van der Waals surface area contributed by atoms with Crippen LogP contribution < -0.4 is 5.32 Å². The third-order valence-corrected chi connectivity index (χ3v) is 6.15. The van der Waals surface area contributed by atoms with Crippen LogP contribution in [0.25, 0.3) is 11.1 Å². The molecule has 0 radical (unpaired) electrons. The summed E-state index contributed by atoms with van der Waals surface area (Å²) in [5.74, 6) is -6.82. The number of amides is 2. The molecular weight excluding hydrogens is 434 g/mol. The molecule has 9 heteroatoms. The first kappa shape index (κ1) is 22.7. The zero-order valence-electron chi connectivity index (χ0n) is 17.8. The molecule has 4 rings (SSSR count). The van der Waals surface area contributed by atoms with Gasteiger partial charge >= 0.3 is 18.0 Å². The minimum atomic E-state index is -3.82. The van der Waals surface area contributed by atoms with E-state index in [1.807, 2.05) is 53.8 Å². The maximum absolute atomic E-state index is 14.4. The van der Waals surface area contributed by atoms with Crippen molar-refractivity contribution in [2.75, 3.05) is 26.2 Å². The second-order valence-corrected chi connectivity index (χ2v) is 8.39. The number of alkyl halides is 2.